The minimum absolute atomic E-state index is 0.0474. The topological polar surface area (TPSA) is 70.5 Å². The summed E-state index contributed by atoms with van der Waals surface area (Å²) in [6, 6.07) is 9.19. The molecule has 0 aliphatic carbocycles. The van der Waals surface area contributed by atoms with Crippen molar-refractivity contribution in [3.63, 3.8) is 0 Å². The van der Waals surface area contributed by atoms with E-state index in [9.17, 15) is 0 Å². The maximum absolute atomic E-state index is 5.13. The van der Waals surface area contributed by atoms with Crippen molar-refractivity contribution < 1.29 is 9.47 Å². The second-order valence-electron chi connectivity index (χ2n) is 2.49. The average molecular weight is 258 g/mol. The van der Waals surface area contributed by atoms with Gasteiger partial charge in [0.25, 0.3) is 10.3 Å². The van der Waals surface area contributed by atoms with Gasteiger partial charge in [0.05, 0.1) is 6.61 Å². The average Bonchev–Trinajstić information content (AvgIpc) is 2.18. The third-order valence-electron chi connectivity index (χ3n) is 1.25. The van der Waals surface area contributed by atoms with E-state index in [2.05, 4.69) is 29.2 Å². The number of para-hydroxylation sites is 1. The summed E-state index contributed by atoms with van der Waals surface area (Å²) in [5, 5.41) is 0.170. The molecule has 4 N–H and O–H groups in total. The predicted molar refractivity (Wildman–Crippen MR) is 72.3 cm³/mol. The van der Waals surface area contributed by atoms with Crippen molar-refractivity contribution >= 4 is 34.8 Å². The van der Waals surface area contributed by atoms with Gasteiger partial charge in [0.2, 0.25) is 0 Å². The van der Waals surface area contributed by atoms with E-state index in [1.165, 1.54) is 0 Å². The van der Waals surface area contributed by atoms with Crippen LogP contribution in [0.25, 0.3) is 0 Å². The molecule has 6 heteroatoms. The molecule has 0 saturated carbocycles. The van der Waals surface area contributed by atoms with Crippen LogP contribution in [0.3, 0.4) is 0 Å². The molecule has 0 saturated heterocycles. The Hall–Kier alpha value is -1.40. The first-order valence-electron chi connectivity index (χ1n) is 4.50. The maximum atomic E-state index is 5.13. The van der Waals surface area contributed by atoms with E-state index in [1.807, 2.05) is 25.1 Å². The highest BCUT2D eigenvalue weighted by atomic mass is 32.1. The molecule has 0 aliphatic heterocycles. The molecule has 0 bridgehead atoms. The summed E-state index contributed by atoms with van der Waals surface area (Å²) < 4.78 is 9.47. The maximum Gasteiger partial charge on any atom is 0.259 e. The number of hydrogen-bond donors (Lipinski definition) is 2. The molecule has 0 heterocycles. The number of benzene rings is 1. The number of rotatable bonds is 2. The normalized spacial score (nSPS) is 8.31. The number of nitrogens with two attached hydrogens (primary N) is 2. The van der Waals surface area contributed by atoms with Crippen LogP contribution >= 0.6 is 24.4 Å². The molecule has 0 amide bonds. The van der Waals surface area contributed by atoms with Crippen LogP contribution in [-0.2, 0) is 4.74 Å². The molecule has 1 aromatic rings. The van der Waals surface area contributed by atoms with E-state index in [-0.39, 0.29) is 10.3 Å². The zero-order valence-corrected chi connectivity index (χ0v) is 10.5. The molecule has 88 valence electrons. The van der Waals surface area contributed by atoms with Crippen molar-refractivity contribution in [1.82, 2.24) is 0 Å². The van der Waals surface area contributed by atoms with Crippen LogP contribution in [0.2, 0.25) is 0 Å². The fraction of sp³-hybridized carbons (Fsp3) is 0.200. The van der Waals surface area contributed by atoms with Crippen LogP contribution < -0.4 is 16.2 Å². The van der Waals surface area contributed by atoms with Crippen molar-refractivity contribution in [2.45, 2.75) is 6.92 Å². The highest BCUT2D eigenvalue weighted by molar-refractivity contribution is 7.80. The lowest BCUT2D eigenvalue weighted by Gasteiger charge is -1.99. The fourth-order valence-electron chi connectivity index (χ4n) is 0.747. The summed E-state index contributed by atoms with van der Waals surface area (Å²) in [5.41, 5.74) is 10.0. The van der Waals surface area contributed by atoms with Gasteiger partial charge in [-0.2, -0.15) is 0 Å². The first-order chi connectivity index (χ1) is 7.56. The van der Waals surface area contributed by atoms with Crippen molar-refractivity contribution in [3.05, 3.63) is 30.3 Å². The van der Waals surface area contributed by atoms with Crippen LogP contribution in [0.15, 0.2) is 30.3 Å². The third kappa shape index (κ3) is 9.17. The molecule has 1 aromatic carbocycles. The van der Waals surface area contributed by atoms with E-state index in [4.69, 9.17) is 16.2 Å². The number of thiocarbonyl (C=S) groups is 2. The van der Waals surface area contributed by atoms with E-state index in [0.717, 1.165) is 0 Å². The van der Waals surface area contributed by atoms with Gasteiger partial charge in [0.1, 0.15) is 5.75 Å². The second kappa shape index (κ2) is 8.87. The molecule has 0 atom stereocenters. The van der Waals surface area contributed by atoms with Gasteiger partial charge in [-0.1, -0.05) is 18.2 Å². The van der Waals surface area contributed by atoms with Crippen molar-refractivity contribution in [3.8, 4) is 5.75 Å². The summed E-state index contributed by atoms with van der Waals surface area (Å²) in [5.74, 6) is 0.676. The lowest BCUT2D eigenvalue weighted by molar-refractivity contribution is 0.331. The van der Waals surface area contributed by atoms with Gasteiger partial charge in [-0.3, -0.25) is 0 Å². The molecule has 0 radical (unpaired) electrons. The Balaban J connectivity index is 0.000000325. The van der Waals surface area contributed by atoms with Gasteiger partial charge in [-0.15, -0.1) is 0 Å². The molecule has 16 heavy (non-hydrogen) atoms. The Morgan fingerprint density at radius 2 is 1.69 bits per heavy atom. The Bertz CT molecular complexity index is 331. The zero-order valence-electron chi connectivity index (χ0n) is 8.88. The first kappa shape index (κ1) is 14.6. The van der Waals surface area contributed by atoms with Gasteiger partial charge < -0.3 is 20.9 Å². The molecule has 0 aliphatic rings. The van der Waals surface area contributed by atoms with Gasteiger partial charge in [-0.05, 0) is 43.5 Å². The van der Waals surface area contributed by atoms with Crippen LogP contribution in [0.1, 0.15) is 6.92 Å². The lowest BCUT2D eigenvalue weighted by Crippen LogP contribution is -2.15. The lowest BCUT2D eigenvalue weighted by atomic mass is 10.3. The van der Waals surface area contributed by atoms with E-state index in [1.54, 1.807) is 12.1 Å². The first-order valence-corrected chi connectivity index (χ1v) is 5.32. The highest BCUT2D eigenvalue weighted by Gasteiger charge is 1.90. The number of hydrogen-bond acceptors (Lipinski definition) is 4. The van der Waals surface area contributed by atoms with Crippen molar-refractivity contribution in [2.75, 3.05) is 6.61 Å². The van der Waals surface area contributed by atoms with Gasteiger partial charge >= 0.3 is 0 Å². The molecular weight excluding hydrogens is 244 g/mol. The van der Waals surface area contributed by atoms with Crippen LogP contribution in [-0.4, -0.2) is 17.0 Å². The quantitative estimate of drug-likeness (QED) is 0.785. The van der Waals surface area contributed by atoms with Crippen LogP contribution in [0.5, 0.6) is 5.75 Å². The summed E-state index contributed by atoms with van der Waals surface area (Å²) in [6.45, 7) is 2.40. The minimum Gasteiger partial charge on any atom is -0.472 e. The molecule has 0 unspecified atom stereocenters. The van der Waals surface area contributed by atoms with E-state index < -0.39 is 0 Å². The summed E-state index contributed by atoms with van der Waals surface area (Å²) in [6.07, 6.45) is 0. The summed E-state index contributed by atoms with van der Waals surface area (Å²) in [7, 11) is 0. The molecule has 1 rings (SSSR count). The van der Waals surface area contributed by atoms with Gasteiger partial charge in [0.15, 0.2) is 0 Å². The van der Waals surface area contributed by atoms with Crippen LogP contribution in [0.4, 0.5) is 0 Å². The fourth-order valence-corrected chi connectivity index (χ4v) is 0.961. The highest BCUT2D eigenvalue weighted by Crippen LogP contribution is 2.07. The monoisotopic (exact) mass is 258 g/mol. The minimum atomic E-state index is 0.0474. The van der Waals surface area contributed by atoms with E-state index >= 15 is 0 Å². The third-order valence-corrected chi connectivity index (χ3v) is 1.45. The molecule has 0 fully saturated rings. The molecule has 0 aromatic heterocycles. The molecule has 4 nitrogen and oxygen atoms in total. The van der Waals surface area contributed by atoms with E-state index in [0.29, 0.717) is 12.4 Å². The van der Waals surface area contributed by atoms with Crippen molar-refractivity contribution in [1.29, 1.82) is 0 Å². The number of ether oxygens (including phenoxy) is 2. The Morgan fingerprint density at radius 3 is 2.00 bits per heavy atom. The van der Waals surface area contributed by atoms with Gasteiger partial charge in [-0.25, -0.2) is 0 Å². The SMILES string of the molecule is CCOC(N)=S.NC(=S)Oc1ccccc1. The Labute approximate surface area is 106 Å². The predicted octanol–water partition coefficient (Wildman–Crippen LogP) is 1.58. The summed E-state index contributed by atoms with van der Waals surface area (Å²) in [4.78, 5) is 0. The van der Waals surface area contributed by atoms with Crippen LogP contribution in [0, 0.1) is 0 Å². The molecule has 0 spiro atoms. The van der Waals surface area contributed by atoms with Crippen molar-refractivity contribution in [2.24, 2.45) is 11.5 Å². The smallest absolute Gasteiger partial charge is 0.259 e. The Morgan fingerprint density at radius 1 is 1.12 bits per heavy atom. The second-order valence-corrected chi connectivity index (χ2v) is 3.29. The molecular formula is C10H14N2O2S2. The summed E-state index contributed by atoms with van der Waals surface area (Å²) >= 11 is 8.88. The van der Waals surface area contributed by atoms with Gasteiger partial charge in [0, 0.05) is 0 Å². The zero-order chi connectivity index (χ0) is 12.4. The standard InChI is InChI=1S/C7H7NOS.C3H7NOS/c8-7(10)9-6-4-2-1-3-5-6;1-2-5-3(4)6/h1-5H,(H2,8,10);2H2,1H3,(H2,4,6). The Kier molecular flexibility index (Phi) is 8.10. The largest absolute Gasteiger partial charge is 0.472 e.